The molecule has 0 radical (unpaired) electrons. The number of rotatable bonds is 3. The van der Waals surface area contributed by atoms with Crippen molar-refractivity contribution in [1.82, 2.24) is 0 Å². The second-order valence-electron chi connectivity index (χ2n) is 4.77. The third kappa shape index (κ3) is 3.96. The van der Waals surface area contributed by atoms with Gasteiger partial charge in [-0.05, 0) is 44.3 Å². The van der Waals surface area contributed by atoms with Crippen LogP contribution in [-0.2, 0) is 11.3 Å². The molecule has 0 saturated heterocycles. The molecule has 2 aromatic rings. The van der Waals surface area contributed by atoms with Gasteiger partial charge in [0.15, 0.2) is 0 Å². The fourth-order valence-electron chi connectivity index (χ4n) is 1.79. The quantitative estimate of drug-likeness (QED) is 0.665. The number of nitrogen functional groups attached to an aromatic ring is 1. The summed E-state index contributed by atoms with van der Waals surface area (Å²) in [6.07, 6.45) is 0. The van der Waals surface area contributed by atoms with Crippen molar-refractivity contribution in [3.8, 4) is 0 Å². The average molecular weight is 286 g/mol. The Balaban J connectivity index is 1.92. The standard InChI is InChI=1S/C16H18N2OS/c1-11-3-6-14(7-4-11)18-16(20)19-10-13-9-12(2)5-8-15(13)17/h3-9H,10,17H2,1-2H3,(H,18,20). The predicted octanol–water partition coefficient (Wildman–Crippen LogP) is 3.80. The van der Waals surface area contributed by atoms with Gasteiger partial charge in [-0.3, -0.25) is 0 Å². The molecular formula is C16H18N2OS. The molecule has 2 rings (SSSR count). The molecule has 3 nitrogen and oxygen atoms in total. The van der Waals surface area contributed by atoms with Crippen LogP contribution in [0.25, 0.3) is 0 Å². The van der Waals surface area contributed by atoms with Gasteiger partial charge in [-0.15, -0.1) is 0 Å². The van der Waals surface area contributed by atoms with Crippen molar-refractivity contribution < 1.29 is 4.74 Å². The highest BCUT2D eigenvalue weighted by molar-refractivity contribution is 7.80. The number of hydrogen-bond donors (Lipinski definition) is 2. The summed E-state index contributed by atoms with van der Waals surface area (Å²) in [7, 11) is 0. The van der Waals surface area contributed by atoms with E-state index in [0.717, 1.165) is 16.8 Å². The van der Waals surface area contributed by atoms with Crippen molar-refractivity contribution in [2.45, 2.75) is 20.5 Å². The molecule has 2 aromatic carbocycles. The molecule has 0 spiro atoms. The van der Waals surface area contributed by atoms with Gasteiger partial charge in [0.25, 0.3) is 5.17 Å². The largest absolute Gasteiger partial charge is 0.466 e. The first-order chi connectivity index (χ1) is 9.54. The number of thiocarbonyl (C=S) groups is 1. The number of nitrogens with one attached hydrogen (secondary N) is 1. The van der Waals surface area contributed by atoms with Gasteiger partial charge in [-0.25, -0.2) is 0 Å². The maximum Gasteiger partial charge on any atom is 0.261 e. The summed E-state index contributed by atoms with van der Waals surface area (Å²) in [5, 5.41) is 3.38. The van der Waals surface area contributed by atoms with Gasteiger partial charge in [-0.1, -0.05) is 35.4 Å². The lowest BCUT2D eigenvalue weighted by molar-refractivity contribution is 0.301. The Morgan fingerprint density at radius 1 is 1.10 bits per heavy atom. The summed E-state index contributed by atoms with van der Waals surface area (Å²) in [5.41, 5.74) is 10.8. The van der Waals surface area contributed by atoms with E-state index in [1.165, 1.54) is 5.56 Å². The lowest BCUT2D eigenvalue weighted by atomic mass is 10.1. The zero-order valence-electron chi connectivity index (χ0n) is 11.6. The molecule has 0 aliphatic rings. The van der Waals surface area contributed by atoms with Crippen molar-refractivity contribution >= 4 is 28.8 Å². The Kier molecular flexibility index (Phi) is 4.58. The molecule has 3 N–H and O–H groups in total. The van der Waals surface area contributed by atoms with E-state index in [1.54, 1.807) is 0 Å². The van der Waals surface area contributed by atoms with E-state index >= 15 is 0 Å². The van der Waals surface area contributed by atoms with Crippen molar-refractivity contribution in [3.63, 3.8) is 0 Å². The molecule has 104 valence electrons. The van der Waals surface area contributed by atoms with Crippen LogP contribution in [0.2, 0.25) is 0 Å². The SMILES string of the molecule is Cc1ccc(NC(=S)OCc2cc(C)ccc2N)cc1. The van der Waals surface area contributed by atoms with E-state index in [4.69, 9.17) is 22.7 Å². The average Bonchev–Trinajstić information content (AvgIpc) is 2.42. The lowest BCUT2D eigenvalue weighted by Crippen LogP contribution is -2.13. The first-order valence-corrected chi connectivity index (χ1v) is 6.81. The molecule has 0 amide bonds. The summed E-state index contributed by atoms with van der Waals surface area (Å²) in [5.74, 6) is 0. The van der Waals surface area contributed by atoms with Gasteiger partial charge >= 0.3 is 0 Å². The van der Waals surface area contributed by atoms with Gasteiger partial charge < -0.3 is 15.8 Å². The minimum atomic E-state index is 0.342. The molecule has 0 aliphatic carbocycles. The highest BCUT2D eigenvalue weighted by Crippen LogP contribution is 2.15. The van der Waals surface area contributed by atoms with E-state index < -0.39 is 0 Å². The van der Waals surface area contributed by atoms with Crippen molar-refractivity contribution in [2.75, 3.05) is 11.1 Å². The Morgan fingerprint density at radius 2 is 1.75 bits per heavy atom. The van der Waals surface area contributed by atoms with Crippen LogP contribution in [0.5, 0.6) is 0 Å². The Morgan fingerprint density at radius 3 is 2.45 bits per heavy atom. The summed E-state index contributed by atoms with van der Waals surface area (Å²) < 4.78 is 5.54. The van der Waals surface area contributed by atoms with Crippen LogP contribution in [0.1, 0.15) is 16.7 Å². The number of nitrogens with two attached hydrogens (primary N) is 1. The molecular weight excluding hydrogens is 268 g/mol. The molecule has 0 bridgehead atoms. The Bertz CT molecular complexity index is 608. The summed E-state index contributed by atoms with van der Waals surface area (Å²) in [4.78, 5) is 0. The smallest absolute Gasteiger partial charge is 0.261 e. The van der Waals surface area contributed by atoms with Gasteiger partial charge in [0.05, 0.1) is 0 Å². The molecule has 20 heavy (non-hydrogen) atoms. The third-order valence-electron chi connectivity index (χ3n) is 2.96. The molecule has 0 saturated carbocycles. The number of hydrogen-bond acceptors (Lipinski definition) is 3. The van der Waals surface area contributed by atoms with Gasteiger partial charge in [0, 0.05) is 16.9 Å². The van der Waals surface area contributed by atoms with Crippen LogP contribution in [0, 0.1) is 13.8 Å². The molecule has 0 aromatic heterocycles. The highest BCUT2D eigenvalue weighted by atomic mass is 32.1. The topological polar surface area (TPSA) is 47.3 Å². The molecule has 4 heteroatoms. The van der Waals surface area contributed by atoms with Crippen molar-refractivity contribution in [2.24, 2.45) is 0 Å². The van der Waals surface area contributed by atoms with Gasteiger partial charge in [-0.2, -0.15) is 0 Å². The summed E-state index contributed by atoms with van der Waals surface area (Å²) in [6.45, 7) is 4.43. The number of benzene rings is 2. The van der Waals surface area contributed by atoms with Gasteiger partial charge in [0.1, 0.15) is 6.61 Å². The molecule has 0 unspecified atom stereocenters. The van der Waals surface area contributed by atoms with Crippen molar-refractivity contribution in [1.29, 1.82) is 0 Å². The zero-order chi connectivity index (χ0) is 14.5. The maximum atomic E-state index is 5.90. The van der Waals surface area contributed by atoms with Crippen LogP contribution < -0.4 is 11.1 Å². The van der Waals surface area contributed by atoms with E-state index in [9.17, 15) is 0 Å². The first-order valence-electron chi connectivity index (χ1n) is 6.40. The second kappa shape index (κ2) is 6.39. The lowest BCUT2D eigenvalue weighted by Gasteiger charge is -2.11. The molecule has 0 aliphatic heterocycles. The van der Waals surface area contributed by atoms with Crippen LogP contribution in [0.15, 0.2) is 42.5 Å². The van der Waals surface area contributed by atoms with E-state index in [0.29, 0.717) is 17.5 Å². The molecule has 0 fully saturated rings. The normalized spacial score (nSPS) is 10.1. The van der Waals surface area contributed by atoms with Crippen molar-refractivity contribution in [3.05, 3.63) is 59.2 Å². The van der Waals surface area contributed by atoms with Crippen LogP contribution in [-0.4, -0.2) is 5.17 Å². The van der Waals surface area contributed by atoms with Crippen LogP contribution in [0.3, 0.4) is 0 Å². The Hall–Kier alpha value is -2.07. The van der Waals surface area contributed by atoms with E-state index in [1.807, 2.05) is 56.3 Å². The zero-order valence-corrected chi connectivity index (χ0v) is 12.5. The van der Waals surface area contributed by atoms with Crippen LogP contribution >= 0.6 is 12.2 Å². The minimum Gasteiger partial charge on any atom is -0.466 e. The maximum absolute atomic E-state index is 5.90. The fraction of sp³-hybridized carbons (Fsp3) is 0.188. The van der Waals surface area contributed by atoms with E-state index in [2.05, 4.69) is 5.32 Å². The van der Waals surface area contributed by atoms with Gasteiger partial charge in [0.2, 0.25) is 0 Å². The molecule has 0 heterocycles. The highest BCUT2D eigenvalue weighted by Gasteiger charge is 2.03. The number of anilines is 2. The number of aryl methyl sites for hydroxylation is 2. The van der Waals surface area contributed by atoms with E-state index in [-0.39, 0.29) is 0 Å². The second-order valence-corrected chi connectivity index (χ2v) is 5.14. The predicted molar refractivity (Wildman–Crippen MR) is 87.8 cm³/mol. The third-order valence-corrected chi connectivity index (χ3v) is 3.18. The number of ether oxygens (including phenoxy) is 1. The Labute approximate surface area is 124 Å². The fourth-order valence-corrected chi connectivity index (χ4v) is 1.97. The first kappa shape index (κ1) is 14.3. The van der Waals surface area contributed by atoms with Crippen LogP contribution in [0.4, 0.5) is 11.4 Å². The monoisotopic (exact) mass is 286 g/mol. The molecule has 0 atom stereocenters. The summed E-state index contributed by atoms with van der Waals surface area (Å²) in [6, 6.07) is 13.8. The minimum absolute atomic E-state index is 0.342. The summed E-state index contributed by atoms with van der Waals surface area (Å²) >= 11 is 5.17.